The fraction of sp³-hybridized carbons (Fsp3) is 0.462. The SMILES string of the molecule is CC(C)(C)OC=O.Nc1ccc2c(c1)CNC2. The molecule has 94 valence electrons. The Hall–Kier alpha value is -1.55. The lowest BCUT2D eigenvalue weighted by atomic mass is 10.1. The van der Waals surface area contributed by atoms with Crippen molar-refractivity contribution in [1.82, 2.24) is 5.32 Å². The third-order valence-corrected chi connectivity index (χ3v) is 2.26. The van der Waals surface area contributed by atoms with Crippen molar-refractivity contribution in [2.75, 3.05) is 5.73 Å². The number of hydrogen-bond acceptors (Lipinski definition) is 4. The van der Waals surface area contributed by atoms with E-state index in [1.54, 1.807) is 0 Å². The van der Waals surface area contributed by atoms with E-state index in [1.807, 2.05) is 32.9 Å². The van der Waals surface area contributed by atoms with Crippen LogP contribution in [0.1, 0.15) is 31.9 Å². The van der Waals surface area contributed by atoms with Gasteiger partial charge in [-0.25, -0.2) is 0 Å². The number of anilines is 1. The van der Waals surface area contributed by atoms with Crippen molar-refractivity contribution in [3.63, 3.8) is 0 Å². The second-order valence-corrected chi connectivity index (χ2v) is 4.96. The van der Waals surface area contributed by atoms with Crippen LogP contribution < -0.4 is 11.1 Å². The highest BCUT2D eigenvalue weighted by Gasteiger charge is 2.08. The molecule has 0 fully saturated rings. The number of ether oxygens (including phenoxy) is 1. The molecule has 1 aromatic rings. The Morgan fingerprint density at radius 3 is 2.47 bits per heavy atom. The minimum absolute atomic E-state index is 0.318. The van der Waals surface area contributed by atoms with Crippen LogP contribution in [0.4, 0.5) is 5.69 Å². The Morgan fingerprint density at radius 2 is 1.94 bits per heavy atom. The van der Waals surface area contributed by atoms with E-state index >= 15 is 0 Å². The van der Waals surface area contributed by atoms with Crippen LogP contribution in [0.2, 0.25) is 0 Å². The lowest BCUT2D eigenvalue weighted by Crippen LogP contribution is -2.17. The molecule has 0 saturated carbocycles. The monoisotopic (exact) mass is 236 g/mol. The van der Waals surface area contributed by atoms with E-state index in [1.165, 1.54) is 11.1 Å². The summed E-state index contributed by atoms with van der Waals surface area (Å²) < 4.78 is 4.55. The zero-order valence-corrected chi connectivity index (χ0v) is 10.6. The smallest absolute Gasteiger partial charge is 0.293 e. The minimum Gasteiger partial charge on any atom is -0.462 e. The third kappa shape index (κ3) is 4.87. The largest absolute Gasteiger partial charge is 0.462 e. The van der Waals surface area contributed by atoms with Crippen LogP contribution in [-0.2, 0) is 22.6 Å². The quantitative estimate of drug-likeness (QED) is 0.577. The zero-order valence-electron chi connectivity index (χ0n) is 10.6. The summed E-state index contributed by atoms with van der Waals surface area (Å²) in [5, 5.41) is 3.26. The predicted molar refractivity (Wildman–Crippen MR) is 68.3 cm³/mol. The molecule has 0 atom stereocenters. The number of benzene rings is 1. The van der Waals surface area contributed by atoms with Gasteiger partial charge in [0.25, 0.3) is 6.47 Å². The van der Waals surface area contributed by atoms with Gasteiger partial charge in [0.2, 0.25) is 0 Å². The first-order chi connectivity index (χ1) is 7.92. The molecule has 1 aromatic carbocycles. The van der Waals surface area contributed by atoms with Gasteiger partial charge in [-0.3, -0.25) is 4.79 Å². The number of carbonyl (C=O) groups excluding carboxylic acids is 1. The number of fused-ring (bicyclic) bond motifs is 1. The summed E-state index contributed by atoms with van der Waals surface area (Å²) in [7, 11) is 0. The molecule has 3 N–H and O–H groups in total. The van der Waals surface area contributed by atoms with Crippen molar-refractivity contribution in [2.45, 2.75) is 39.5 Å². The lowest BCUT2D eigenvalue weighted by Gasteiger charge is -2.14. The summed E-state index contributed by atoms with van der Waals surface area (Å²) in [6.07, 6.45) is 0. The normalized spacial score (nSPS) is 13.4. The minimum atomic E-state index is -0.318. The first-order valence-corrected chi connectivity index (χ1v) is 5.62. The number of nitrogens with two attached hydrogens (primary N) is 1. The molecule has 0 radical (unpaired) electrons. The van der Waals surface area contributed by atoms with E-state index in [9.17, 15) is 4.79 Å². The molecular weight excluding hydrogens is 216 g/mol. The summed E-state index contributed by atoms with van der Waals surface area (Å²) in [5.41, 5.74) is 8.88. The fourth-order valence-corrected chi connectivity index (χ4v) is 1.46. The number of hydrogen-bond donors (Lipinski definition) is 2. The molecule has 0 unspecified atom stereocenters. The van der Waals surface area contributed by atoms with Crippen LogP contribution >= 0.6 is 0 Å². The van der Waals surface area contributed by atoms with Crippen LogP contribution in [0.15, 0.2) is 18.2 Å². The molecule has 0 aromatic heterocycles. The maximum Gasteiger partial charge on any atom is 0.293 e. The number of nitrogen functional groups attached to an aromatic ring is 1. The zero-order chi connectivity index (χ0) is 12.9. The van der Waals surface area contributed by atoms with Crippen LogP contribution in [-0.4, -0.2) is 12.1 Å². The first kappa shape index (κ1) is 13.5. The second kappa shape index (κ2) is 5.68. The number of nitrogens with one attached hydrogen (secondary N) is 1. The van der Waals surface area contributed by atoms with Gasteiger partial charge in [0.05, 0.1) is 0 Å². The van der Waals surface area contributed by atoms with Crippen molar-refractivity contribution < 1.29 is 9.53 Å². The Kier molecular flexibility index (Phi) is 4.52. The van der Waals surface area contributed by atoms with E-state index < -0.39 is 0 Å². The van der Waals surface area contributed by atoms with Gasteiger partial charge < -0.3 is 15.8 Å². The molecule has 4 heteroatoms. The van der Waals surface area contributed by atoms with Crippen LogP contribution in [0.3, 0.4) is 0 Å². The van der Waals surface area contributed by atoms with E-state index in [0.29, 0.717) is 6.47 Å². The summed E-state index contributed by atoms with van der Waals surface area (Å²) in [6, 6.07) is 6.08. The van der Waals surface area contributed by atoms with Crippen molar-refractivity contribution in [3.8, 4) is 0 Å². The first-order valence-electron chi connectivity index (χ1n) is 5.62. The fourth-order valence-electron chi connectivity index (χ4n) is 1.46. The molecule has 17 heavy (non-hydrogen) atoms. The van der Waals surface area contributed by atoms with Gasteiger partial charge in [-0.1, -0.05) is 6.07 Å². The number of carbonyl (C=O) groups is 1. The van der Waals surface area contributed by atoms with Crippen molar-refractivity contribution in [1.29, 1.82) is 0 Å². The summed E-state index contributed by atoms with van der Waals surface area (Å²) >= 11 is 0. The van der Waals surface area contributed by atoms with Crippen molar-refractivity contribution in [2.24, 2.45) is 0 Å². The maximum atomic E-state index is 9.60. The predicted octanol–water partition coefficient (Wildman–Crippen LogP) is 1.83. The van der Waals surface area contributed by atoms with E-state index in [2.05, 4.69) is 16.1 Å². The number of rotatable bonds is 1. The van der Waals surface area contributed by atoms with E-state index in [0.717, 1.165) is 18.8 Å². The van der Waals surface area contributed by atoms with Crippen molar-refractivity contribution in [3.05, 3.63) is 29.3 Å². The highest BCUT2D eigenvalue weighted by molar-refractivity contribution is 5.45. The molecule has 0 bridgehead atoms. The molecule has 1 aliphatic rings. The average Bonchev–Trinajstić information content (AvgIpc) is 2.63. The third-order valence-electron chi connectivity index (χ3n) is 2.26. The lowest BCUT2D eigenvalue weighted by molar-refractivity contribution is -0.138. The Morgan fingerprint density at radius 1 is 1.29 bits per heavy atom. The van der Waals surface area contributed by atoms with E-state index in [4.69, 9.17) is 5.73 Å². The van der Waals surface area contributed by atoms with Crippen molar-refractivity contribution >= 4 is 12.2 Å². The van der Waals surface area contributed by atoms with E-state index in [-0.39, 0.29) is 5.60 Å². The van der Waals surface area contributed by atoms with Gasteiger partial charge in [0.15, 0.2) is 0 Å². The molecule has 0 aliphatic carbocycles. The van der Waals surface area contributed by atoms with Crippen LogP contribution in [0.25, 0.3) is 0 Å². The molecule has 2 rings (SSSR count). The van der Waals surface area contributed by atoms with Gasteiger partial charge in [-0.2, -0.15) is 0 Å². The van der Waals surface area contributed by atoms with Gasteiger partial charge >= 0.3 is 0 Å². The summed E-state index contributed by atoms with van der Waals surface area (Å²) in [5.74, 6) is 0. The van der Waals surface area contributed by atoms with Gasteiger partial charge in [0, 0.05) is 18.8 Å². The van der Waals surface area contributed by atoms with Gasteiger partial charge in [0.1, 0.15) is 5.60 Å². The molecule has 4 nitrogen and oxygen atoms in total. The molecule has 0 saturated heterocycles. The maximum absolute atomic E-state index is 9.60. The summed E-state index contributed by atoms with van der Waals surface area (Å²) in [6.45, 7) is 7.89. The second-order valence-electron chi connectivity index (χ2n) is 4.96. The Balaban J connectivity index is 0.000000185. The van der Waals surface area contributed by atoms with Crippen LogP contribution in [0, 0.1) is 0 Å². The highest BCUT2D eigenvalue weighted by atomic mass is 16.5. The summed E-state index contributed by atoms with van der Waals surface area (Å²) in [4.78, 5) is 9.60. The average molecular weight is 236 g/mol. The topological polar surface area (TPSA) is 64.3 Å². The van der Waals surface area contributed by atoms with Gasteiger partial charge in [-0.15, -0.1) is 0 Å². The Labute approximate surface area is 102 Å². The van der Waals surface area contributed by atoms with Gasteiger partial charge in [-0.05, 0) is 44.0 Å². The molecule has 0 spiro atoms. The Bertz CT molecular complexity index is 383. The standard InChI is InChI=1S/C8H10N2.C5H10O2/c9-8-2-1-6-4-10-5-7(6)3-8;1-5(2,3)7-4-6/h1-3,10H,4-5,9H2;4H,1-3H3. The molecule has 1 aliphatic heterocycles. The van der Waals surface area contributed by atoms with Crippen LogP contribution in [0.5, 0.6) is 0 Å². The highest BCUT2D eigenvalue weighted by Crippen LogP contribution is 2.17. The molecular formula is C13H20N2O2. The molecule has 0 amide bonds. The molecule has 1 heterocycles.